The molecule has 0 aromatic carbocycles. The SMILES string of the molecule is CCOc1ncnc(NC2CCC2)c1C. The maximum absolute atomic E-state index is 5.42. The van der Waals surface area contributed by atoms with Crippen LogP contribution in [0.4, 0.5) is 5.82 Å². The van der Waals surface area contributed by atoms with E-state index in [1.807, 2.05) is 13.8 Å². The van der Waals surface area contributed by atoms with Crippen molar-refractivity contribution in [2.75, 3.05) is 11.9 Å². The van der Waals surface area contributed by atoms with Crippen molar-refractivity contribution in [1.82, 2.24) is 9.97 Å². The van der Waals surface area contributed by atoms with Crippen LogP contribution in [0, 0.1) is 6.92 Å². The monoisotopic (exact) mass is 207 g/mol. The molecule has 1 aliphatic carbocycles. The lowest BCUT2D eigenvalue weighted by Gasteiger charge is -2.27. The van der Waals surface area contributed by atoms with Crippen molar-refractivity contribution in [1.29, 1.82) is 0 Å². The smallest absolute Gasteiger partial charge is 0.221 e. The summed E-state index contributed by atoms with van der Waals surface area (Å²) in [6.07, 6.45) is 5.36. The first-order chi connectivity index (χ1) is 7.31. The van der Waals surface area contributed by atoms with Crippen molar-refractivity contribution in [3.8, 4) is 5.88 Å². The fourth-order valence-corrected chi connectivity index (χ4v) is 1.61. The van der Waals surface area contributed by atoms with E-state index in [9.17, 15) is 0 Å². The summed E-state index contributed by atoms with van der Waals surface area (Å²) in [5.41, 5.74) is 1.01. The quantitative estimate of drug-likeness (QED) is 0.821. The number of rotatable bonds is 4. The summed E-state index contributed by atoms with van der Waals surface area (Å²) < 4.78 is 5.42. The Labute approximate surface area is 90.1 Å². The molecule has 0 saturated heterocycles. The van der Waals surface area contributed by atoms with Crippen molar-refractivity contribution < 1.29 is 4.74 Å². The van der Waals surface area contributed by atoms with Gasteiger partial charge in [0.25, 0.3) is 0 Å². The molecule has 0 aliphatic heterocycles. The van der Waals surface area contributed by atoms with E-state index in [2.05, 4.69) is 15.3 Å². The topological polar surface area (TPSA) is 47.0 Å². The molecule has 1 N–H and O–H groups in total. The number of nitrogens with one attached hydrogen (secondary N) is 1. The first kappa shape index (κ1) is 10.2. The summed E-state index contributed by atoms with van der Waals surface area (Å²) >= 11 is 0. The van der Waals surface area contributed by atoms with Gasteiger partial charge in [0, 0.05) is 6.04 Å². The second-order valence-electron chi connectivity index (χ2n) is 3.86. The van der Waals surface area contributed by atoms with Gasteiger partial charge < -0.3 is 10.1 Å². The zero-order valence-electron chi connectivity index (χ0n) is 9.29. The second-order valence-corrected chi connectivity index (χ2v) is 3.86. The van der Waals surface area contributed by atoms with Gasteiger partial charge in [-0.3, -0.25) is 0 Å². The van der Waals surface area contributed by atoms with Gasteiger partial charge in [-0.2, -0.15) is 0 Å². The predicted octanol–water partition coefficient (Wildman–Crippen LogP) is 2.15. The number of nitrogens with zero attached hydrogens (tertiary/aromatic N) is 2. The summed E-state index contributed by atoms with van der Waals surface area (Å²) in [6.45, 7) is 4.59. The molecule has 0 bridgehead atoms. The van der Waals surface area contributed by atoms with E-state index < -0.39 is 0 Å². The average molecular weight is 207 g/mol. The number of hydrogen-bond acceptors (Lipinski definition) is 4. The predicted molar refractivity (Wildman–Crippen MR) is 59.2 cm³/mol. The third kappa shape index (κ3) is 2.19. The van der Waals surface area contributed by atoms with Crippen LogP contribution in [0.25, 0.3) is 0 Å². The molecular formula is C11H17N3O. The molecule has 1 saturated carbocycles. The van der Waals surface area contributed by atoms with E-state index in [0.717, 1.165) is 11.4 Å². The maximum atomic E-state index is 5.42. The Hall–Kier alpha value is -1.32. The zero-order valence-corrected chi connectivity index (χ0v) is 9.29. The minimum atomic E-state index is 0.591. The van der Waals surface area contributed by atoms with Gasteiger partial charge in [-0.25, -0.2) is 9.97 Å². The first-order valence-corrected chi connectivity index (χ1v) is 5.52. The molecule has 1 aromatic rings. The number of ether oxygens (including phenoxy) is 1. The highest BCUT2D eigenvalue weighted by Gasteiger charge is 2.19. The largest absolute Gasteiger partial charge is 0.478 e. The molecule has 0 unspecified atom stereocenters. The Morgan fingerprint density at radius 2 is 2.27 bits per heavy atom. The van der Waals surface area contributed by atoms with Crippen LogP contribution in [-0.4, -0.2) is 22.6 Å². The maximum Gasteiger partial charge on any atom is 0.221 e. The summed E-state index contributed by atoms with van der Waals surface area (Å²) in [4.78, 5) is 8.35. The lowest BCUT2D eigenvalue weighted by molar-refractivity contribution is 0.323. The van der Waals surface area contributed by atoms with Gasteiger partial charge in [0.2, 0.25) is 5.88 Å². The Balaban J connectivity index is 2.11. The van der Waals surface area contributed by atoms with Gasteiger partial charge in [-0.15, -0.1) is 0 Å². The Kier molecular flexibility index (Phi) is 3.04. The standard InChI is InChI=1S/C11H17N3O/c1-3-15-11-8(2)10(12-7-13-11)14-9-5-4-6-9/h7,9H,3-6H2,1-2H3,(H,12,13,14). The fraction of sp³-hybridized carbons (Fsp3) is 0.636. The van der Waals surface area contributed by atoms with Gasteiger partial charge in [-0.05, 0) is 33.1 Å². The molecule has 1 aliphatic rings. The van der Waals surface area contributed by atoms with Crippen LogP contribution in [0.2, 0.25) is 0 Å². The molecular weight excluding hydrogens is 190 g/mol. The minimum Gasteiger partial charge on any atom is -0.478 e. The van der Waals surface area contributed by atoms with Crippen LogP contribution in [-0.2, 0) is 0 Å². The average Bonchev–Trinajstić information content (AvgIpc) is 2.17. The zero-order chi connectivity index (χ0) is 10.7. The van der Waals surface area contributed by atoms with E-state index in [0.29, 0.717) is 18.5 Å². The van der Waals surface area contributed by atoms with Crippen molar-refractivity contribution in [2.24, 2.45) is 0 Å². The third-order valence-electron chi connectivity index (χ3n) is 2.76. The van der Waals surface area contributed by atoms with Crippen LogP contribution in [0.15, 0.2) is 6.33 Å². The molecule has 2 rings (SSSR count). The molecule has 0 atom stereocenters. The van der Waals surface area contributed by atoms with E-state index in [1.165, 1.54) is 19.3 Å². The molecule has 1 fully saturated rings. The summed E-state index contributed by atoms with van der Waals surface area (Å²) in [5.74, 6) is 1.60. The molecule has 1 aromatic heterocycles. The van der Waals surface area contributed by atoms with Crippen LogP contribution in [0.1, 0.15) is 31.7 Å². The Morgan fingerprint density at radius 3 is 2.87 bits per heavy atom. The summed E-state index contributed by atoms with van der Waals surface area (Å²) in [5, 5.41) is 3.41. The van der Waals surface area contributed by atoms with Crippen LogP contribution in [0.3, 0.4) is 0 Å². The number of anilines is 1. The van der Waals surface area contributed by atoms with Gasteiger partial charge in [0.1, 0.15) is 12.1 Å². The van der Waals surface area contributed by atoms with E-state index in [1.54, 1.807) is 6.33 Å². The van der Waals surface area contributed by atoms with E-state index in [-0.39, 0.29) is 0 Å². The molecule has 0 amide bonds. The molecule has 4 nitrogen and oxygen atoms in total. The molecule has 82 valence electrons. The van der Waals surface area contributed by atoms with E-state index >= 15 is 0 Å². The summed E-state index contributed by atoms with van der Waals surface area (Å²) in [7, 11) is 0. The van der Waals surface area contributed by atoms with Crippen LogP contribution >= 0.6 is 0 Å². The minimum absolute atomic E-state index is 0.591. The Morgan fingerprint density at radius 1 is 1.47 bits per heavy atom. The van der Waals surface area contributed by atoms with Gasteiger partial charge in [0.15, 0.2) is 0 Å². The summed E-state index contributed by atoms with van der Waals surface area (Å²) in [6, 6.07) is 0.591. The second kappa shape index (κ2) is 4.47. The van der Waals surface area contributed by atoms with Crippen LogP contribution < -0.4 is 10.1 Å². The first-order valence-electron chi connectivity index (χ1n) is 5.52. The van der Waals surface area contributed by atoms with Gasteiger partial charge in [-0.1, -0.05) is 0 Å². The van der Waals surface area contributed by atoms with Crippen molar-refractivity contribution in [3.05, 3.63) is 11.9 Å². The highest BCUT2D eigenvalue weighted by Crippen LogP contribution is 2.26. The lowest BCUT2D eigenvalue weighted by Crippen LogP contribution is -2.28. The molecule has 0 spiro atoms. The normalized spacial score (nSPS) is 15.9. The lowest BCUT2D eigenvalue weighted by atomic mass is 9.93. The number of aromatic nitrogens is 2. The molecule has 15 heavy (non-hydrogen) atoms. The highest BCUT2D eigenvalue weighted by molar-refractivity contribution is 5.48. The van der Waals surface area contributed by atoms with Crippen molar-refractivity contribution in [3.63, 3.8) is 0 Å². The molecule has 4 heteroatoms. The molecule has 1 heterocycles. The highest BCUT2D eigenvalue weighted by atomic mass is 16.5. The fourth-order valence-electron chi connectivity index (χ4n) is 1.61. The Bertz CT molecular complexity index is 337. The van der Waals surface area contributed by atoms with E-state index in [4.69, 9.17) is 4.74 Å². The third-order valence-corrected chi connectivity index (χ3v) is 2.76. The van der Waals surface area contributed by atoms with Crippen LogP contribution in [0.5, 0.6) is 5.88 Å². The van der Waals surface area contributed by atoms with Crippen molar-refractivity contribution in [2.45, 2.75) is 39.2 Å². The number of hydrogen-bond donors (Lipinski definition) is 1. The van der Waals surface area contributed by atoms with Crippen molar-refractivity contribution >= 4 is 5.82 Å². The van der Waals surface area contributed by atoms with Gasteiger partial charge >= 0.3 is 0 Å². The molecule has 0 radical (unpaired) electrons. The van der Waals surface area contributed by atoms with Gasteiger partial charge in [0.05, 0.1) is 12.2 Å².